The van der Waals surface area contributed by atoms with Crippen molar-refractivity contribution in [2.45, 2.75) is 20.4 Å². The van der Waals surface area contributed by atoms with E-state index in [0.29, 0.717) is 12.4 Å². The van der Waals surface area contributed by atoms with E-state index in [9.17, 15) is 9.59 Å². The molecule has 0 spiro atoms. The van der Waals surface area contributed by atoms with E-state index in [1.54, 1.807) is 27.0 Å². The third-order valence-corrected chi connectivity index (χ3v) is 3.75. The number of carbonyl (C=O) groups excluding carboxylic acids is 2. The minimum atomic E-state index is -1.19. The number of ether oxygens (including phenoxy) is 3. The summed E-state index contributed by atoms with van der Waals surface area (Å²) in [5, 5.41) is 0. The molecule has 144 valence electrons. The second kappa shape index (κ2) is 10.2. The third-order valence-electron chi connectivity index (χ3n) is 3.75. The van der Waals surface area contributed by atoms with Gasteiger partial charge in [-0.2, -0.15) is 0 Å². The lowest BCUT2D eigenvalue weighted by molar-refractivity contribution is -0.157. The number of methoxy groups -OCH3 is 1. The van der Waals surface area contributed by atoms with Crippen molar-refractivity contribution in [1.82, 2.24) is 4.57 Å². The number of hydrogen-bond donors (Lipinski definition) is 0. The predicted molar refractivity (Wildman–Crippen MR) is 101 cm³/mol. The van der Waals surface area contributed by atoms with Crippen LogP contribution < -0.4 is 4.74 Å². The van der Waals surface area contributed by atoms with Gasteiger partial charge in [-0.1, -0.05) is 12.1 Å². The number of hydrogen-bond acceptors (Lipinski definition) is 6. The van der Waals surface area contributed by atoms with Crippen LogP contribution in [0.3, 0.4) is 0 Å². The van der Waals surface area contributed by atoms with E-state index in [0.717, 1.165) is 11.3 Å². The maximum absolute atomic E-state index is 12.0. The monoisotopic (exact) mass is 372 g/mol. The fraction of sp³-hybridized carbons (Fsp3) is 0.350. The Morgan fingerprint density at radius 2 is 1.70 bits per heavy atom. The maximum Gasteiger partial charge on any atom is 0.325 e. The van der Waals surface area contributed by atoms with E-state index < -0.39 is 17.9 Å². The van der Waals surface area contributed by atoms with Gasteiger partial charge in [0.15, 0.2) is 5.92 Å². The molecule has 0 amide bonds. The first kappa shape index (κ1) is 20.2. The summed E-state index contributed by atoms with van der Waals surface area (Å²) in [6.45, 7) is 4.30. The second-order valence-electron chi connectivity index (χ2n) is 5.60. The van der Waals surface area contributed by atoms with Crippen LogP contribution in [0.2, 0.25) is 0 Å². The van der Waals surface area contributed by atoms with Crippen LogP contribution >= 0.6 is 0 Å². The molecule has 0 aliphatic carbocycles. The molecular weight excluding hydrogens is 348 g/mol. The topological polar surface area (TPSA) is 79.1 Å². The van der Waals surface area contributed by atoms with E-state index in [-0.39, 0.29) is 13.2 Å². The van der Waals surface area contributed by atoms with Crippen molar-refractivity contribution in [3.8, 4) is 5.75 Å². The first-order valence-corrected chi connectivity index (χ1v) is 8.74. The van der Waals surface area contributed by atoms with Crippen molar-refractivity contribution in [2.24, 2.45) is 10.9 Å². The second-order valence-corrected chi connectivity index (χ2v) is 5.60. The number of benzene rings is 1. The Labute approximate surface area is 158 Å². The van der Waals surface area contributed by atoms with Crippen molar-refractivity contribution in [2.75, 3.05) is 20.3 Å². The fourth-order valence-electron chi connectivity index (χ4n) is 2.42. The number of aromatic nitrogens is 1. The molecule has 0 N–H and O–H groups in total. The summed E-state index contributed by atoms with van der Waals surface area (Å²) < 4.78 is 16.9. The van der Waals surface area contributed by atoms with Gasteiger partial charge in [-0.3, -0.25) is 9.59 Å². The van der Waals surface area contributed by atoms with E-state index >= 15 is 0 Å². The van der Waals surface area contributed by atoms with Crippen LogP contribution in [0.25, 0.3) is 0 Å². The summed E-state index contributed by atoms with van der Waals surface area (Å²) in [7, 11) is 1.62. The first-order chi connectivity index (χ1) is 13.1. The Hall–Kier alpha value is -3.09. The Balaban J connectivity index is 2.16. The molecule has 0 aliphatic heterocycles. The number of aliphatic imine (C=N–C) groups is 1. The summed E-state index contributed by atoms with van der Waals surface area (Å²) >= 11 is 0. The van der Waals surface area contributed by atoms with Crippen LogP contribution in [0.4, 0.5) is 5.82 Å². The molecule has 0 unspecified atom stereocenters. The Kier molecular flexibility index (Phi) is 7.61. The minimum absolute atomic E-state index is 0.177. The van der Waals surface area contributed by atoms with E-state index in [2.05, 4.69) is 4.99 Å². The quantitative estimate of drug-likeness (QED) is 0.384. The lowest BCUT2D eigenvalue weighted by Gasteiger charge is -2.11. The van der Waals surface area contributed by atoms with Crippen LogP contribution in [0.15, 0.2) is 47.6 Å². The molecule has 1 aromatic heterocycles. The van der Waals surface area contributed by atoms with Gasteiger partial charge in [0.1, 0.15) is 11.6 Å². The Morgan fingerprint density at radius 1 is 1.07 bits per heavy atom. The highest BCUT2D eigenvalue weighted by atomic mass is 16.6. The smallest absolute Gasteiger partial charge is 0.325 e. The Morgan fingerprint density at radius 3 is 2.26 bits per heavy atom. The van der Waals surface area contributed by atoms with E-state index in [1.807, 2.05) is 41.1 Å². The van der Waals surface area contributed by atoms with Crippen LogP contribution in [-0.4, -0.2) is 43.0 Å². The van der Waals surface area contributed by atoms with Crippen molar-refractivity contribution >= 4 is 24.0 Å². The van der Waals surface area contributed by atoms with Crippen LogP contribution in [0, 0.1) is 5.92 Å². The molecule has 0 saturated heterocycles. The summed E-state index contributed by atoms with van der Waals surface area (Å²) in [6, 6.07) is 11.4. The van der Waals surface area contributed by atoms with Crippen LogP contribution in [0.5, 0.6) is 5.75 Å². The molecule has 0 bridgehead atoms. The van der Waals surface area contributed by atoms with Gasteiger partial charge >= 0.3 is 11.9 Å². The summed E-state index contributed by atoms with van der Waals surface area (Å²) in [5.41, 5.74) is 1.07. The van der Waals surface area contributed by atoms with Crippen LogP contribution in [-0.2, 0) is 25.6 Å². The molecule has 7 heteroatoms. The highest BCUT2D eigenvalue weighted by Crippen LogP contribution is 2.18. The van der Waals surface area contributed by atoms with Crippen molar-refractivity contribution in [1.29, 1.82) is 0 Å². The zero-order valence-corrected chi connectivity index (χ0v) is 15.8. The molecule has 0 radical (unpaired) electrons. The summed E-state index contributed by atoms with van der Waals surface area (Å²) in [5.74, 6) is -1.13. The molecular formula is C20H24N2O5. The molecule has 0 aliphatic rings. The number of rotatable bonds is 9. The van der Waals surface area contributed by atoms with Crippen molar-refractivity contribution in [3.05, 3.63) is 48.2 Å². The molecule has 7 nitrogen and oxygen atoms in total. The molecule has 2 aromatic rings. The largest absolute Gasteiger partial charge is 0.497 e. The molecule has 27 heavy (non-hydrogen) atoms. The van der Waals surface area contributed by atoms with Crippen molar-refractivity contribution in [3.63, 3.8) is 0 Å². The maximum atomic E-state index is 12.0. The number of carbonyl (C=O) groups is 2. The lowest BCUT2D eigenvalue weighted by Crippen LogP contribution is -2.29. The molecule has 1 aromatic carbocycles. The average molecular weight is 372 g/mol. The van der Waals surface area contributed by atoms with Gasteiger partial charge in [0.2, 0.25) is 0 Å². The van der Waals surface area contributed by atoms with Gasteiger partial charge in [-0.05, 0) is 43.7 Å². The zero-order chi connectivity index (χ0) is 19.6. The van der Waals surface area contributed by atoms with E-state index in [1.165, 1.54) is 6.21 Å². The van der Waals surface area contributed by atoms with Gasteiger partial charge < -0.3 is 18.8 Å². The molecule has 0 atom stereocenters. The minimum Gasteiger partial charge on any atom is -0.497 e. The summed E-state index contributed by atoms with van der Waals surface area (Å²) in [6.07, 6.45) is 3.15. The first-order valence-electron chi connectivity index (χ1n) is 8.74. The van der Waals surface area contributed by atoms with Gasteiger partial charge in [-0.25, -0.2) is 4.99 Å². The predicted octanol–water partition coefficient (Wildman–Crippen LogP) is 2.99. The summed E-state index contributed by atoms with van der Waals surface area (Å²) in [4.78, 5) is 28.4. The standard InChI is InChI=1S/C20H24N2O5/c1-4-26-19(23)17(20(24)27-5-2)13-21-18-7-6-12-22(18)14-15-8-10-16(25-3)11-9-15/h6-13,17H,4-5,14H2,1-3H3. The van der Waals surface area contributed by atoms with Gasteiger partial charge in [0.25, 0.3) is 0 Å². The van der Waals surface area contributed by atoms with Crippen LogP contribution in [0.1, 0.15) is 19.4 Å². The molecule has 0 fully saturated rings. The average Bonchev–Trinajstić information content (AvgIpc) is 3.10. The highest BCUT2D eigenvalue weighted by Gasteiger charge is 2.27. The molecule has 2 rings (SSSR count). The van der Waals surface area contributed by atoms with Crippen molar-refractivity contribution < 1.29 is 23.8 Å². The van der Waals surface area contributed by atoms with Gasteiger partial charge in [0, 0.05) is 19.0 Å². The lowest BCUT2D eigenvalue weighted by atomic mass is 10.2. The van der Waals surface area contributed by atoms with E-state index in [4.69, 9.17) is 14.2 Å². The number of esters is 2. The van der Waals surface area contributed by atoms with Gasteiger partial charge in [-0.15, -0.1) is 0 Å². The molecule has 0 saturated carbocycles. The highest BCUT2D eigenvalue weighted by molar-refractivity contribution is 6.09. The zero-order valence-electron chi connectivity index (χ0n) is 15.8. The normalized spacial score (nSPS) is 11.0. The molecule has 1 heterocycles. The van der Waals surface area contributed by atoms with Gasteiger partial charge in [0.05, 0.1) is 20.3 Å². The fourth-order valence-corrected chi connectivity index (χ4v) is 2.42. The number of nitrogens with zero attached hydrogens (tertiary/aromatic N) is 2. The SMILES string of the molecule is CCOC(=O)C(C=Nc1cccn1Cc1ccc(OC)cc1)C(=O)OCC. The Bertz CT molecular complexity index is 762. The third kappa shape index (κ3) is 5.70.